The smallest absolute Gasteiger partial charge is 0.243 e. The normalized spacial score (nSPS) is 10.5. The molecule has 0 aromatic heterocycles. The molecule has 0 heterocycles. The van der Waals surface area contributed by atoms with Crippen molar-refractivity contribution in [2.24, 2.45) is 0 Å². The van der Waals surface area contributed by atoms with Crippen molar-refractivity contribution in [3.05, 3.63) is 59.7 Å². The molecular weight excluding hydrogens is 260 g/mol. The van der Waals surface area contributed by atoms with E-state index in [1.165, 1.54) is 5.56 Å². The van der Waals surface area contributed by atoms with Gasteiger partial charge in [-0.3, -0.25) is 4.79 Å². The first kappa shape index (κ1) is 15.1. The second-order valence-corrected chi connectivity index (χ2v) is 5.50. The Hall–Kier alpha value is -2.29. The number of hydrogen-bond acceptors (Lipinski definition) is 2. The number of hydrogen-bond donors (Lipinski definition) is 2. The summed E-state index contributed by atoms with van der Waals surface area (Å²) in [5.41, 5.74) is 4.16. The lowest BCUT2D eigenvalue weighted by Crippen LogP contribution is -2.22. The van der Waals surface area contributed by atoms with E-state index in [4.69, 9.17) is 0 Å². The van der Waals surface area contributed by atoms with Gasteiger partial charge in [0.2, 0.25) is 5.91 Å². The molecule has 0 atom stereocenters. The van der Waals surface area contributed by atoms with Crippen LogP contribution >= 0.6 is 0 Å². The van der Waals surface area contributed by atoms with Crippen LogP contribution in [0.2, 0.25) is 0 Å². The van der Waals surface area contributed by atoms with Gasteiger partial charge >= 0.3 is 0 Å². The largest absolute Gasteiger partial charge is 0.376 e. The molecule has 0 aliphatic rings. The first-order valence-corrected chi connectivity index (χ1v) is 7.25. The van der Waals surface area contributed by atoms with Crippen LogP contribution in [0.4, 0.5) is 11.4 Å². The zero-order valence-corrected chi connectivity index (χ0v) is 12.8. The molecule has 0 spiro atoms. The Morgan fingerprint density at radius 3 is 2.57 bits per heavy atom. The molecule has 3 heteroatoms. The number of rotatable bonds is 5. The fraction of sp³-hybridized carbons (Fsp3) is 0.278. The Morgan fingerprint density at radius 2 is 1.86 bits per heavy atom. The summed E-state index contributed by atoms with van der Waals surface area (Å²) in [6.45, 7) is 6.55. The van der Waals surface area contributed by atoms with Crippen LogP contribution in [-0.2, 0) is 4.79 Å². The maximum absolute atomic E-state index is 12.0. The third-order valence-electron chi connectivity index (χ3n) is 3.43. The molecule has 0 fully saturated rings. The van der Waals surface area contributed by atoms with Crippen molar-refractivity contribution in [1.82, 2.24) is 0 Å². The number of carbonyl (C=O) groups excluding carboxylic acids is 1. The van der Waals surface area contributed by atoms with Gasteiger partial charge in [0.25, 0.3) is 0 Å². The van der Waals surface area contributed by atoms with Gasteiger partial charge in [-0.2, -0.15) is 0 Å². The van der Waals surface area contributed by atoms with E-state index in [0.29, 0.717) is 5.92 Å². The van der Waals surface area contributed by atoms with Crippen LogP contribution in [0.1, 0.15) is 30.9 Å². The predicted molar refractivity (Wildman–Crippen MR) is 88.8 cm³/mol. The number of amides is 1. The van der Waals surface area contributed by atoms with Crippen molar-refractivity contribution in [3.8, 4) is 0 Å². The quantitative estimate of drug-likeness (QED) is 0.864. The van der Waals surface area contributed by atoms with Crippen molar-refractivity contribution < 1.29 is 4.79 Å². The highest BCUT2D eigenvalue weighted by Gasteiger charge is 2.05. The molecule has 0 unspecified atom stereocenters. The van der Waals surface area contributed by atoms with Crippen LogP contribution in [0.25, 0.3) is 0 Å². The van der Waals surface area contributed by atoms with Gasteiger partial charge in [-0.25, -0.2) is 0 Å². The summed E-state index contributed by atoms with van der Waals surface area (Å²) in [6, 6.07) is 15.9. The summed E-state index contributed by atoms with van der Waals surface area (Å²) in [4.78, 5) is 12.0. The van der Waals surface area contributed by atoms with E-state index in [0.717, 1.165) is 16.9 Å². The second kappa shape index (κ2) is 6.93. The Morgan fingerprint density at radius 1 is 1.10 bits per heavy atom. The SMILES string of the molecule is Cc1ccccc1NC(=O)CNc1cccc(C(C)C)c1. The maximum Gasteiger partial charge on any atom is 0.243 e. The first-order valence-electron chi connectivity index (χ1n) is 7.25. The third kappa shape index (κ3) is 4.35. The van der Waals surface area contributed by atoms with Gasteiger partial charge in [-0.1, -0.05) is 44.2 Å². The molecular formula is C18H22N2O. The van der Waals surface area contributed by atoms with Crippen LogP contribution in [0, 0.1) is 6.92 Å². The van der Waals surface area contributed by atoms with Gasteiger partial charge in [0.1, 0.15) is 0 Å². The third-order valence-corrected chi connectivity index (χ3v) is 3.43. The van der Waals surface area contributed by atoms with Gasteiger partial charge in [0, 0.05) is 11.4 Å². The molecule has 21 heavy (non-hydrogen) atoms. The summed E-state index contributed by atoms with van der Waals surface area (Å²) < 4.78 is 0. The van der Waals surface area contributed by atoms with Crippen LogP contribution in [-0.4, -0.2) is 12.5 Å². The molecule has 0 aliphatic carbocycles. The highest BCUT2D eigenvalue weighted by Crippen LogP contribution is 2.18. The minimum atomic E-state index is -0.0424. The van der Waals surface area contributed by atoms with Crippen LogP contribution in [0.3, 0.4) is 0 Å². The minimum Gasteiger partial charge on any atom is -0.376 e. The Balaban J connectivity index is 1.92. The highest BCUT2D eigenvalue weighted by atomic mass is 16.1. The number of para-hydroxylation sites is 1. The van der Waals surface area contributed by atoms with Crippen LogP contribution < -0.4 is 10.6 Å². The summed E-state index contributed by atoms with van der Waals surface area (Å²) >= 11 is 0. The lowest BCUT2D eigenvalue weighted by Gasteiger charge is -2.11. The molecule has 2 N–H and O–H groups in total. The molecule has 2 aromatic rings. The Kier molecular flexibility index (Phi) is 4.99. The predicted octanol–water partition coefficient (Wildman–Crippen LogP) is 4.17. The number of carbonyl (C=O) groups is 1. The average molecular weight is 282 g/mol. The molecule has 2 aromatic carbocycles. The van der Waals surface area contributed by atoms with E-state index in [-0.39, 0.29) is 12.5 Å². The van der Waals surface area contributed by atoms with Gasteiger partial charge in [0.15, 0.2) is 0 Å². The topological polar surface area (TPSA) is 41.1 Å². The van der Waals surface area contributed by atoms with Crippen LogP contribution in [0.5, 0.6) is 0 Å². The van der Waals surface area contributed by atoms with Gasteiger partial charge < -0.3 is 10.6 Å². The van der Waals surface area contributed by atoms with Crippen molar-refractivity contribution in [2.45, 2.75) is 26.7 Å². The fourth-order valence-corrected chi connectivity index (χ4v) is 2.10. The standard InChI is InChI=1S/C18H22N2O/c1-13(2)15-8-6-9-16(11-15)19-12-18(21)20-17-10-5-4-7-14(17)3/h4-11,13,19H,12H2,1-3H3,(H,20,21). The number of anilines is 2. The molecule has 0 saturated heterocycles. The van der Waals surface area contributed by atoms with E-state index in [1.807, 2.05) is 43.3 Å². The van der Waals surface area contributed by atoms with E-state index >= 15 is 0 Å². The van der Waals surface area contributed by atoms with Gasteiger partial charge in [-0.05, 0) is 42.2 Å². The van der Waals surface area contributed by atoms with Gasteiger partial charge in [0.05, 0.1) is 6.54 Å². The Labute approximate surface area is 126 Å². The van der Waals surface area contributed by atoms with Crippen molar-refractivity contribution in [1.29, 1.82) is 0 Å². The molecule has 3 nitrogen and oxygen atoms in total. The van der Waals surface area contributed by atoms with Gasteiger partial charge in [-0.15, -0.1) is 0 Å². The highest BCUT2D eigenvalue weighted by molar-refractivity contribution is 5.94. The molecule has 0 aliphatic heterocycles. The fourth-order valence-electron chi connectivity index (χ4n) is 2.10. The Bertz CT molecular complexity index is 620. The number of benzene rings is 2. The average Bonchev–Trinajstić information content (AvgIpc) is 2.48. The van der Waals surface area contributed by atoms with E-state index in [9.17, 15) is 4.79 Å². The summed E-state index contributed by atoms with van der Waals surface area (Å²) in [6.07, 6.45) is 0. The summed E-state index contributed by atoms with van der Waals surface area (Å²) in [7, 11) is 0. The van der Waals surface area contributed by atoms with E-state index in [1.54, 1.807) is 0 Å². The zero-order chi connectivity index (χ0) is 15.2. The molecule has 2 rings (SSSR count). The second-order valence-electron chi connectivity index (χ2n) is 5.50. The van der Waals surface area contributed by atoms with Crippen molar-refractivity contribution >= 4 is 17.3 Å². The molecule has 0 bridgehead atoms. The molecule has 0 saturated carbocycles. The van der Waals surface area contributed by atoms with E-state index < -0.39 is 0 Å². The van der Waals surface area contributed by atoms with E-state index in [2.05, 4.69) is 36.6 Å². The van der Waals surface area contributed by atoms with Crippen LogP contribution in [0.15, 0.2) is 48.5 Å². The number of aryl methyl sites for hydroxylation is 1. The zero-order valence-electron chi connectivity index (χ0n) is 12.8. The summed E-state index contributed by atoms with van der Waals surface area (Å²) in [5.74, 6) is 0.437. The monoisotopic (exact) mass is 282 g/mol. The lowest BCUT2D eigenvalue weighted by atomic mass is 10.0. The summed E-state index contributed by atoms with van der Waals surface area (Å²) in [5, 5.41) is 6.08. The number of nitrogens with one attached hydrogen (secondary N) is 2. The molecule has 110 valence electrons. The van der Waals surface area contributed by atoms with Crippen molar-refractivity contribution in [2.75, 3.05) is 17.2 Å². The molecule has 1 amide bonds. The lowest BCUT2D eigenvalue weighted by molar-refractivity contribution is -0.114. The minimum absolute atomic E-state index is 0.0424. The first-order chi connectivity index (χ1) is 10.1. The maximum atomic E-state index is 12.0. The van der Waals surface area contributed by atoms with Crippen molar-refractivity contribution in [3.63, 3.8) is 0 Å². The molecule has 0 radical (unpaired) electrons.